The molecule has 0 aliphatic carbocycles. The summed E-state index contributed by atoms with van der Waals surface area (Å²) in [5, 5.41) is 4.42. The Kier molecular flexibility index (Phi) is 4.12. The highest BCUT2D eigenvalue weighted by atomic mass is 16.5. The summed E-state index contributed by atoms with van der Waals surface area (Å²) in [6.45, 7) is 3.12. The Balaban J connectivity index is 1.69. The van der Waals surface area contributed by atoms with E-state index >= 15 is 0 Å². The first-order valence-corrected chi connectivity index (χ1v) is 8.59. The molecule has 3 aromatic heterocycles. The summed E-state index contributed by atoms with van der Waals surface area (Å²) in [5.41, 5.74) is 7.53. The van der Waals surface area contributed by atoms with Gasteiger partial charge in [0.1, 0.15) is 5.76 Å². The van der Waals surface area contributed by atoms with Gasteiger partial charge in [0, 0.05) is 19.9 Å². The number of hydrogen-bond acceptors (Lipinski definition) is 6. The Bertz CT molecular complexity index is 961. The van der Waals surface area contributed by atoms with Crippen molar-refractivity contribution in [3.63, 3.8) is 0 Å². The number of nitrogens with zero attached hydrogens (tertiary/aromatic N) is 4. The van der Waals surface area contributed by atoms with Gasteiger partial charge in [-0.05, 0) is 38.0 Å². The topological polar surface area (TPSA) is 98.9 Å². The van der Waals surface area contributed by atoms with E-state index in [9.17, 15) is 4.79 Å². The molecule has 0 saturated carbocycles. The standard InChI is InChI=1S/C18H21N5O3/c1-11-5-6-15(26-11)16-20-17-14(19)8-12(9-23(17)21-16)18(24)22-7-3-4-13(22)10-25-2/h5-6,8-9,13H,3-4,7,10,19H2,1-2H3/t13-/m1/s1. The quantitative estimate of drug-likeness (QED) is 0.770. The minimum absolute atomic E-state index is 0.0657. The maximum absolute atomic E-state index is 12.9. The molecule has 8 heteroatoms. The molecule has 0 spiro atoms. The lowest BCUT2D eigenvalue weighted by atomic mass is 10.2. The molecule has 1 aliphatic rings. The number of likely N-dealkylation sites (tertiary alicyclic amines) is 1. The highest BCUT2D eigenvalue weighted by Gasteiger charge is 2.30. The first kappa shape index (κ1) is 16.6. The van der Waals surface area contributed by atoms with Gasteiger partial charge in [0.15, 0.2) is 11.4 Å². The second-order valence-corrected chi connectivity index (χ2v) is 6.55. The number of hydrogen-bond donors (Lipinski definition) is 1. The molecule has 0 radical (unpaired) electrons. The molecule has 0 aromatic carbocycles. The smallest absolute Gasteiger partial charge is 0.255 e. The van der Waals surface area contributed by atoms with Crippen LogP contribution in [0.5, 0.6) is 0 Å². The van der Waals surface area contributed by atoms with Crippen molar-refractivity contribution in [3.8, 4) is 11.6 Å². The molecule has 4 heterocycles. The van der Waals surface area contributed by atoms with Gasteiger partial charge in [-0.1, -0.05) is 0 Å². The van der Waals surface area contributed by atoms with Crippen LogP contribution in [0.15, 0.2) is 28.8 Å². The third kappa shape index (κ3) is 2.82. The number of furan rings is 1. The number of carbonyl (C=O) groups excluding carboxylic acids is 1. The summed E-state index contributed by atoms with van der Waals surface area (Å²) in [4.78, 5) is 19.2. The monoisotopic (exact) mass is 355 g/mol. The largest absolute Gasteiger partial charge is 0.458 e. The zero-order chi connectivity index (χ0) is 18.3. The lowest BCUT2D eigenvalue weighted by Crippen LogP contribution is -2.38. The number of pyridine rings is 1. The molecule has 2 N–H and O–H groups in total. The highest BCUT2D eigenvalue weighted by molar-refractivity contribution is 5.96. The number of aryl methyl sites for hydroxylation is 1. The van der Waals surface area contributed by atoms with Crippen molar-refractivity contribution in [1.29, 1.82) is 0 Å². The van der Waals surface area contributed by atoms with E-state index in [4.69, 9.17) is 14.9 Å². The summed E-state index contributed by atoms with van der Waals surface area (Å²) in [6, 6.07) is 5.42. The number of fused-ring (bicyclic) bond motifs is 1. The van der Waals surface area contributed by atoms with Gasteiger partial charge >= 0.3 is 0 Å². The van der Waals surface area contributed by atoms with E-state index in [-0.39, 0.29) is 11.9 Å². The molecule has 1 aliphatic heterocycles. The van der Waals surface area contributed by atoms with E-state index in [1.807, 2.05) is 24.0 Å². The van der Waals surface area contributed by atoms with Crippen LogP contribution in [0.2, 0.25) is 0 Å². The Hall–Kier alpha value is -2.87. The number of aromatic nitrogens is 3. The van der Waals surface area contributed by atoms with E-state index in [0.29, 0.717) is 35.1 Å². The molecule has 8 nitrogen and oxygen atoms in total. The number of nitrogens with two attached hydrogens (primary N) is 1. The minimum Gasteiger partial charge on any atom is -0.458 e. The zero-order valence-electron chi connectivity index (χ0n) is 14.8. The lowest BCUT2D eigenvalue weighted by Gasteiger charge is -2.24. The van der Waals surface area contributed by atoms with Gasteiger partial charge in [0.2, 0.25) is 5.82 Å². The van der Waals surface area contributed by atoms with E-state index < -0.39 is 0 Å². The zero-order valence-corrected chi connectivity index (χ0v) is 14.8. The third-order valence-corrected chi connectivity index (χ3v) is 4.67. The van der Waals surface area contributed by atoms with E-state index in [1.165, 1.54) is 4.52 Å². The third-order valence-electron chi connectivity index (χ3n) is 4.67. The molecule has 0 bridgehead atoms. The molecule has 1 atom stereocenters. The number of nitrogen functional groups attached to an aromatic ring is 1. The molecule has 1 saturated heterocycles. The summed E-state index contributed by atoms with van der Waals surface area (Å²) in [7, 11) is 1.65. The van der Waals surface area contributed by atoms with Crippen LogP contribution in [0.1, 0.15) is 29.0 Å². The van der Waals surface area contributed by atoms with E-state index in [2.05, 4.69) is 10.1 Å². The SMILES string of the molecule is COC[C@H]1CCCN1C(=O)c1cc(N)c2nc(-c3ccc(C)o3)nn2c1. The summed E-state index contributed by atoms with van der Waals surface area (Å²) in [5.74, 6) is 1.72. The van der Waals surface area contributed by atoms with Crippen molar-refractivity contribution in [2.24, 2.45) is 0 Å². The van der Waals surface area contributed by atoms with Crippen molar-refractivity contribution in [3.05, 3.63) is 35.7 Å². The number of ether oxygens (including phenoxy) is 1. The van der Waals surface area contributed by atoms with Gasteiger partial charge in [-0.3, -0.25) is 4.79 Å². The second-order valence-electron chi connectivity index (χ2n) is 6.55. The lowest BCUT2D eigenvalue weighted by molar-refractivity contribution is 0.0630. The second kappa shape index (κ2) is 6.45. The molecule has 4 rings (SSSR count). The van der Waals surface area contributed by atoms with Crippen molar-refractivity contribution >= 4 is 17.2 Å². The summed E-state index contributed by atoms with van der Waals surface area (Å²) < 4.78 is 12.3. The number of carbonyl (C=O) groups is 1. The average molecular weight is 355 g/mol. The fourth-order valence-corrected chi connectivity index (χ4v) is 3.42. The molecule has 0 unspecified atom stereocenters. The van der Waals surface area contributed by atoms with Crippen LogP contribution in [-0.4, -0.2) is 51.7 Å². The van der Waals surface area contributed by atoms with Gasteiger partial charge in [-0.15, -0.1) is 5.10 Å². The van der Waals surface area contributed by atoms with Gasteiger partial charge in [-0.2, -0.15) is 0 Å². The predicted octanol–water partition coefficient (Wildman–Crippen LogP) is 2.13. The highest BCUT2D eigenvalue weighted by Crippen LogP contribution is 2.24. The van der Waals surface area contributed by atoms with E-state index in [0.717, 1.165) is 25.1 Å². The molecule has 136 valence electrons. The Labute approximate surface area is 150 Å². The van der Waals surface area contributed by atoms with Gasteiger partial charge in [0.25, 0.3) is 5.91 Å². The summed E-state index contributed by atoms with van der Waals surface area (Å²) in [6.07, 6.45) is 3.59. The fourth-order valence-electron chi connectivity index (χ4n) is 3.42. The molecule has 26 heavy (non-hydrogen) atoms. The van der Waals surface area contributed by atoms with Crippen LogP contribution in [0, 0.1) is 6.92 Å². The van der Waals surface area contributed by atoms with Crippen molar-refractivity contribution in [2.45, 2.75) is 25.8 Å². The van der Waals surface area contributed by atoms with Crippen LogP contribution in [0.25, 0.3) is 17.2 Å². The maximum Gasteiger partial charge on any atom is 0.255 e. The number of rotatable bonds is 4. The summed E-state index contributed by atoms with van der Waals surface area (Å²) >= 11 is 0. The molecule has 3 aromatic rings. The first-order valence-electron chi connectivity index (χ1n) is 8.59. The first-order chi connectivity index (χ1) is 12.6. The number of amides is 1. The van der Waals surface area contributed by atoms with Crippen LogP contribution in [0.3, 0.4) is 0 Å². The predicted molar refractivity (Wildman–Crippen MR) is 95.8 cm³/mol. The van der Waals surface area contributed by atoms with Crippen LogP contribution in [-0.2, 0) is 4.74 Å². The molecule has 1 fully saturated rings. The average Bonchev–Trinajstić information content (AvgIpc) is 3.33. The molecule has 1 amide bonds. The number of methoxy groups -OCH3 is 1. The van der Waals surface area contributed by atoms with Gasteiger partial charge in [0.05, 0.1) is 23.9 Å². The van der Waals surface area contributed by atoms with Crippen LogP contribution >= 0.6 is 0 Å². The Morgan fingerprint density at radius 1 is 1.46 bits per heavy atom. The minimum atomic E-state index is -0.0657. The van der Waals surface area contributed by atoms with Gasteiger partial charge < -0.3 is 19.8 Å². The van der Waals surface area contributed by atoms with E-state index in [1.54, 1.807) is 19.4 Å². The van der Waals surface area contributed by atoms with Crippen molar-refractivity contribution in [1.82, 2.24) is 19.5 Å². The Morgan fingerprint density at radius 3 is 3.04 bits per heavy atom. The molecular formula is C18H21N5O3. The van der Waals surface area contributed by atoms with Crippen molar-refractivity contribution < 1.29 is 13.9 Å². The van der Waals surface area contributed by atoms with Gasteiger partial charge in [-0.25, -0.2) is 9.50 Å². The molecular weight excluding hydrogens is 334 g/mol. The Morgan fingerprint density at radius 2 is 2.31 bits per heavy atom. The normalized spacial score (nSPS) is 17.3. The van der Waals surface area contributed by atoms with Crippen LogP contribution < -0.4 is 5.73 Å². The maximum atomic E-state index is 12.9. The van der Waals surface area contributed by atoms with Crippen LogP contribution in [0.4, 0.5) is 5.69 Å². The van der Waals surface area contributed by atoms with Crippen molar-refractivity contribution in [2.75, 3.05) is 26.0 Å². The fraction of sp³-hybridized carbons (Fsp3) is 0.389. The number of anilines is 1.